The minimum atomic E-state index is 0.347. The quantitative estimate of drug-likeness (QED) is 0.100. The highest BCUT2D eigenvalue weighted by atomic mass is 15.3. The van der Waals surface area contributed by atoms with Crippen LogP contribution in [0.4, 0.5) is 17.2 Å². The Morgan fingerprint density at radius 2 is 2.00 bits per heavy atom. The summed E-state index contributed by atoms with van der Waals surface area (Å²) in [6, 6.07) is 5.42. The maximum atomic E-state index is 7.56. The molecule has 1 aromatic carbocycles. The van der Waals surface area contributed by atoms with Gasteiger partial charge in [0.15, 0.2) is 11.7 Å². The number of nitrogens with two attached hydrogens (primary N) is 3. The van der Waals surface area contributed by atoms with E-state index >= 15 is 0 Å². The topological polar surface area (TPSA) is 168 Å². The van der Waals surface area contributed by atoms with E-state index in [1.165, 1.54) is 18.6 Å². The van der Waals surface area contributed by atoms with Gasteiger partial charge in [0.05, 0.1) is 11.4 Å². The summed E-state index contributed by atoms with van der Waals surface area (Å²) in [6.07, 6.45) is 17.1. The predicted octanol–water partition coefficient (Wildman–Crippen LogP) is 4.64. The van der Waals surface area contributed by atoms with Crippen LogP contribution in [0.2, 0.25) is 0 Å². The number of aliphatic imine (C=N–C) groups is 1. The monoisotopic (exact) mass is 483 g/mol. The summed E-state index contributed by atoms with van der Waals surface area (Å²) in [7, 11) is 0. The van der Waals surface area contributed by atoms with E-state index in [0.717, 1.165) is 36.0 Å². The average molecular weight is 484 g/mol. The SMILES string of the molecule is C=C.C=C(N=C(/C=C\C/C=C/N)n1nc(Nc2ccc(N)c(C=N)c2)c2c1C=CCC2)/C(C=N)=C/N. The number of nitrogen functional groups attached to an aromatic ring is 1. The molecular formula is C27H33N9. The Labute approximate surface area is 211 Å². The Kier molecular flexibility index (Phi) is 10.4. The van der Waals surface area contributed by atoms with Gasteiger partial charge in [-0.25, -0.2) is 9.67 Å². The fourth-order valence-electron chi connectivity index (χ4n) is 3.41. The van der Waals surface area contributed by atoms with Crippen molar-refractivity contribution in [1.82, 2.24) is 9.78 Å². The molecule has 0 amide bonds. The summed E-state index contributed by atoms with van der Waals surface area (Å²) >= 11 is 0. The smallest absolute Gasteiger partial charge is 0.156 e. The van der Waals surface area contributed by atoms with Crippen molar-refractivity contribution in [1.29, 1.82) is 10.8 Å². The van der Waals surface area contributed by atoms with E-state index in [0.29, 0.717) is 40.6 Å². The van der Waals surface area contributed by atoms with Crippen LogP contribution in [-0.2, 0) is 6.42 Å². The Morgan fingerprint density at radius 1 is 1.22 bits per heavy atom. The molecule has 2 aromatic rings. The van der Waals surface area contributed by atoms with Crippen LogP contribution in [0.15, 0.2) is 90.9 Å². The van der Waals surface area contributed by atoms with Crippen LogP contribution >= 0.6 is 0 Å². The minimum absolute atomic E-state index is 0.347. The summed E-state index contributed by atoms with van der Waals surface area (Å²) in [5, 5.41) is 23.3. The molecule has 0 saturated carbocycles. The Balaban J connectivity index is 0.00000222. The lowest BCUT2D eigenvalue weighted by Gasteiger charge is -2.11. The molecule has 1 aromatic heterocycles. The van der Waals surface area contributed by atoms with Gasteiger partial charge < -0.3 is 33.3 Å². The molecule has 0 radical (unpaired) electrons. The van der Waals surface area contributed by atoms with E-state index in [2.05, 4.69) is 36.1 Å². The number of anilines is 3. The highest BCUT2D eigenvalue weighted by Crippen LogP contribution is 2.30. The summed E-state index contributed by atoms with van der Waals surface area (Å²) in [4.78, 5) is 4.63. The third-order valence-corrected chi connectivity index (χ3v) is 5.17. The van der Waals surface area contributed by atoms with Crippen molar-refractivity contribution in [3.05, 3.63) is 103 Å². The second kappa shape index (κ2) is 13.7. The molecule has 186 valence electrons. The van der Waals surface area contributed by atoms with E-state index in [9.17, 15) is 0 Å². The van der Waals surface area contributed by atoms with Gasteiger partial charge in [-0.1, -0.05) is 24.8 Å². The lowest BCUT2D eigenvalue weighted by Crippen LogP contribution is -2.14. The molecule has 0 bridgehead atoms. The van der Waals surface area contributed by atoms with Crippen LogP contribution in [0.25, 0.3) is 6.08 Å². The average Bonchev–Trinajstić information content (AvgIpc) is 3.27. The van der Waals surface area contributed by atoms with E-state index in [1.54, 1.807) is 10.7 Å². The molecule has 0 atom stereocenters. The van der Waals surface area contributed by atoms with Crippen LogP contribution in [-0.4, -0.2) is 28.0 Å². The number of allylic oxidation sites excluding steroid dienone is 5. The summed E-state index contributed by atoms with van der Waals surface area (Å²) in [5.74, 6) is 1.21. The number of hydrogen-bond acceptors (Lipinski definition) is 8. The standard InChI is InChI=1S/C25H29N9.C2H4/c1-17(19(15-28)16-29)31-24(9-3-2-6-12-26)34-23-8-5-4-7-21(23)25(33-34)32-20-10-11-22(30)18(13-20)14-27;1-2/h3,5-6,8-16,27-28H,1-2,4,7,26,29-30H2,(H,32,33);1-2H2/b9-3-,12-6+,19-16+,27-14?,28-15?,31-24?;. The minimum Gasteiger partial charge on any atom is -0.405 e. The molecule has 0 saturated heterocycles. The highest BCUT2D eigenvalue weighted by molar-refractivity contribution is 5.98. The van der Waals surface area contributed by atoms with Gasteiger partial charge in [-0.15, -0.1) is 18.3 Å². The number of aromatic nitrogens is 2. The molecule has 9 N–H and O–H groups in total. The fraction of sp³-hybridized carbons (Fsp3) is 0.111. The van der Waals surface area contributed by atoms with Crippen molar-refractivity contribution in [2.24, 2.45) is 16.5 Å². The van der Waals surface area contributed by atoms with Gasteiger partial charge in [0.25, 0.3) is 0 Å². The van der Waals surface area contributed by atoms with Crippen LogP contribution in [0.1, 0.15) is 29.7 Å². The lowest BCUT2D eigenvalue weighted by atomic mass is 10.0. The van der Waals surface area contributed by atoms with Crippen molar-refractivity contribution in [2.45, 2.75) is 19.3 Å². The maximum Gasteiger partial charge on any atom is 0.156 e. The molecule has 0 aliphatic heterocycles. The largest absolute Gasteiger partial charge is 0.405 e. The maximum absolute atomic E-state index is 7.56. The zero-order chi connectivity index (χ0) is 26.5. The zero-order valence-electron chi connectivity index (χ0n) is 20.2. The molecule has 1 heterocycles. The number of nitrogens with zero attached hydrogens (tertiary/aromatic N) is 3. The number of hydrogen-bond donors (Lipinski definition) is 6. The van der Waals surface area contributed by atoms with Gasteiger partial charge in [-0.2, -0.15) is 0 Å². The molecule has 0 unspecified atom stereocenters. The van der Waals surface area contributed by atoms with Gasteiger partial charge in [0, 0.05) is 46.7 Å². The summed E-state index contributed by atoms with van der Waals surface area (Å²) in [6.45, 7) is 9.96. The first-order valence-corrected chi connectivity index (χ1v) is 11.2. The molecule has 3 rings (SSSR count). The summed E-state index contributed by atoms with van der Waals surface area (Å²) in [5.41, 5.74) is 21.6. The normalized spacial score (nSPS) is 13.2. The third-order valence-electron chi connectivity index (χ3n) is 5.17. The molecule has 0 spiro atoms. The fourth-order valence-corrected chi connectivity index (χ4v) is 3.41. The van der Waals surface area contributed by atoms with Gasteiger partial charge in [-0.3, -0.25) is 0 Å². The van der Waals surface area contributed by atoms with Crippen LogP contribution in [0, 0.1) is 10.8 Å². The number of rotatable bonds is 9. The van der Waals surface area contributed by atoms with Crippen LogP contribution < -0.4 is 22.5 Å². The van der Waals surface area contributed by atoms with Gasteiger partial charge in [0.1, 0.15) is 0 Å². The molecule has 1 aliphatic rings. The van der Waals surface area contributed by atoms with Crippen LogP contribution in [0.3, 0.4) is 0 Å². The molecule has 1 aliphatic carbocycles. The molecule has 9 heteroatoms. The Bertz CT molecular complexity index is 1260. The van der Waals surface area contributed by atoms with Gasteiger partial charge in [-0.05, 0) is 55.8 Å². The molecule has 9 nitrogen and oxygen atoms in total. The number of nitrogens with one attached hydrogen (secondary N) is 3. The van der Waals surface area contributed by atoms with Gasteiger partial charge >= 0.3 is 0 Å². The summed E-state index contributed by atoms with van der Waals surface area (Å²) < 4.78 is 1.74. The number of benzene rings is 1. The lowest BCUT2D eigenvalue weighted by molar-refractivity contribution is 0.915. The van der Waals surface area contributed by atoms with Crippen molar-refractivity contribution in [2.75, 3.05) is 11.1 Å². The van der Waals surface area contributed by atoms with Crippen molar-refractivity contribution < 1.29 is 0 Å². The second-order valence-electron chi connectivity index (χ2n) is 7.43. The molecule has 0 fully saturated rings. The second-order valence-corrected chi connectivity index (χ2v) is 7.43. The van der Waals surface area contributed by atoms with E-state index in [4.69, 9.17) is 33.1 Å². The highest BCUT2D eigenvalue weighted by Gasteiger charge is 2.20. The van der Waals surface area contributed by atoms with E-state index in [1.807, 2.05) is 36.4 Å². The van der Waals surface area contributed by atoms with Crippen molar-refractivity contribution >= 4 is 41.5 Å². The Morgan fingerprint density at radius 3 is 2.67 bits per heavy atom. The van der Waals surface area contributed by atoms with E-state index in [-0.39, 0.29) is 0 Å². The third kappa shape index (κ3) is 6.57. The van der Waals surface area contributed by atoms with Crippen LogP contribution in [0.5, 0.6) is 0 Å². The molecule has 36 heavy (non-hydrogen) atoms. The van der Waals surface area contributed by atoms with Gasteiger partial charge in [0.2, 0.25) is 0 Å². The van der Waals surface area contributed by atoms with E-state index < -0.39 is 0 Å². The number of fused-ring (bicyclic) bond motifs is 1. The molecular weight excluding hydrogens is 450 g/mol. The Hall–Kier alpha value is -4.92. The zero-order valence-corrected chi connectivity index (χ0v) is 20.2. The first-order chi connectivity index (χ1) is 17.5. The first kappa shape index (κ1) is 27.3. The first-order valence-electron chi connectivity index (χ1n) is 11.2. The van der Waals surface area contributed by atoms with Crippen molar-refractivity contribution in [3.8, 4) is 0 Å². The van der Waals surface area contributed by atoms with Crippen molar-refractivity contribution in [3.63, 3.8) is 0 Å². The predicted molar refractivity (Wildman–Crippen MR) is 153 cm³/mol.